The van der Waals surface area contributed by atoms with Crippen molar-refractivity contribution in [2.24, 2.45) is 0 Å². The molecule has 0 aromatic heterocycles. The lowest BCUT2D eigenvalue weighted by Crippen LogP contribution is -2.56. The van der Waals surface area contributed by atoms with Crippen LogP contribution < -0.4 is 5.32 Å². The summed E-state index contributed by atoms with van der Waals surface area (Å²) in [5, 5.41) is 3.10. The van der Waals surface area contributed by atoms with Crippen molar-refractivity contribution in [3.8, 4) is 0 Å². The van der Waals surface area contributed by atoms with E-state index in [0.717, 1.165) is 18.7 Å². The zero-order valence-corrected chi connectivity index (χ0v) is 14.4. The fourth-order valence-corrected chi connectivity index (χ4v) is 2.92. The van der Waals surface area contributed by atoms with Crippen LogP contribution in [0, 0.1) is 11.6 Å². The highest BCUT2D eigenvalue weighted by atomic mass is 35.5. The summed E-state index contributed by atoms with van der Waals surface area (Å²) in [7, 11) is 0. The molecule has 1 aromatic rings. The zero-order valence-electron chi connectivity index (χ0n) is 13.5. The molecule has 25 heavy (non-hydrogen) atoms. The van der Waals surface area contributed by atoms with Crippen molar-refractivity contribution in [1.29, 1.82) is 0 Å². The number of carbonyl (C=O) groups excluding carboxylic acids is 2. The number of piperazine rings is 1. The van der Waals surface area contributed by atoms with Crippen LogP contribution in [0.1, 0.15) is 10.4 Å². The molecular formula is C16H20ClF2N3O3. The van der Waals surface area contributed by atoms with Gasteiger partial charge in [0, 0.05) is 39.3 Å². The zero-order chi connectivity index (χ0) is 17.1. The van der Waals surface area contributed by atoms with Gasteiger partial charge in [0.1, 0.15) is 23.3 Å². The molecule has 2 aliphatic rings. The van der Waals surface area contributed by atoms with Crippen LogP contribution in [0.4, 0.5) is 8.78 Å². The molecule has 0 saturated carbocycles. The summed E-state index contributed by atoms with van der Waals surface area (Å²) in [6.45, 7) is 2.79. The van der Waals surface area contributed by atoms with E-state index in [0.29, 0.717) is 26.2 Å². The summed E-state index contributed by atoms with van der Waals surface area (Å²) in [5.41, 5.74) is -0.544. The van der Waals surface area contributed by atoms with Crippen LogP contribution in [-0.2, 0) is 9.53 Å². The molecule has 3 rings (SSSR count). The third-order valence-corrected chi connectivity index (χ3v) is 4.26. The number of morpholine rings is 1. The monoisotopic (exact) mass is 375 g/mol. The number of hydrogen-bond acceptors (Lipinski definition) is 4. The molecule has 2 saturated heterocycles. The lowest BCUT2D eigenvalue weighted by molar-refractivity contribution is -0.146. The number of nitrogens with one attached hydrogen (secondary N) is 1. The molecule has 9 heteroatoms. The van der Waals surface area contributed by atoms with Gasteiger partial charge in [0.15, 0.2) is 0 Å². The molecule has 2 aliphatic heterocycles. The Bertz CT molecular complexity index is 613. The largest absolute Gasteiger partial charge is 0.366 e. The first kappa shape index (κ1) is 19.6. The first-order valence-corrected chi connectivity index (χ1v) is 7.92. The molecule has 1 atom stereocenters. The molecule has 0 radical (unpaired) electrons. The lowest BCUT2D eigenvalue weighted by Gasteiger charge is -2.37. The van der Waals surface area contributed by atoms with Crippen molar-refractivity contribution in [3.63, 3.8) is 0 Å². The van der Waals surface area contributed by atoms with Crippen molar-refractivity contribution in [2.75, 3.05) is 45.9 Å². The van der Waals surface area contributed by atoms with Gasteiger partial charge in [-0.2, -0.15) is 0 Å². The number of amides is 2. The highest BCUT2D eigenvalue weighted by molar-refractivity contribution is 5.95. The van der Waals surface area contributed by atoms with Gasteiger partial charge in [-0.15, -0.1) is 12.4 Å². The molecule has 6 nitrogen and oxygen atoms in total. The molecule has 0 spiro atoms. The SMILES string of the molecule is Cl.O=C(c1c(F)cccc1F)N1CCN(C(=O)C2CNCCO2)CC1. The van der Waals surface area contributed by atoms with E-state index in [2.05, 4.69) is 5.32 Å². The molecule has 1 aromatic carbocycles. The van der Waals surface area contributed by atoms with E-state index in [1.807, 2.05) is 0 Å². The van der Waals surface area contributed by atoms with E-state index >= 15 is 0 Å². The Morgan fingerprint density at radius 2 is 1.68 bits per heavy atom. The Morgan fingerprint density at radius 1 is 1.08 bits per heavy atom. The number of nitrogens with zero attached hydrogens (tertiary/aromatic N) is 2. The minimum Gasteiger partial charge on any atom is -0.366 e. The molecule has 2 fully saturated rings. The average molecular weight is 376 g/mol. The van der Waals surface area contributed by atoms with Gasteiger partial charge in [0.25, 0.3) is 11.8 Å². The standard InChI is InChI=1S/C16H19F2N3O3.ClH/c17-11-2-1-3-12(18)14(11)16(23)21-7-5-20(6-8-21)15(22)13-10-19-4-9-24-13;/h1-3,13,19H,4-10H2;1H. The van der Waals surface area contributed by atoms with E-state index in [-0.39, 0.29) is 31.4 Å². The Labute approximate surface area is 150 Å². The second-order valence-electron chi connectivity index (χ2n) is 5.78. The van der Waals surface area contributed by atoms with Gasteiger partial charge in [0.05, 0.1) is 6.61 Å². The second-order valence-corrected chi connectivity index (χ2v) is 5.78. The van der Waals surface area contributed by atoms with Gasteiger partial charge in [-0.3, -0.25) is 9.59 Å². The predicted molar refractivity (Wildman–Crippen MR) is 88.7 cm³/mol. The maximum absolute atomic E-state index is 13.7. The summed E-state index contributed by atoms with van der Waals surface area (Å²) in [5.74, 6) is -2.56. The van der Waals surface area contributed by atoms with Crippen LogP contribution in [0.2, 0.25) is 0 Å². The topological polar surface area (TPSA) is 61.9 Å². The molecule has 0 bridgehead atoms. The van der Waals surface area contributed by atoms with Crippen LogP contribution in [0.15, 0.2) is 18.2 Å². The van der Waals surface area contributed by atoms with Gasteiger partial charge in [-0.25, -0.2) is 8.78 Å². The summed E-state index contributed by atoms with van der Waals surface area (Å²) in [6.07, 6.45) is -0.509. The van der Waals surface area contributed by atoms with Gasteiger partial charge < -0.3 is 19.9 Å². The van der Waals surface area contributed by atoms with E-state index < -0.39 is 29.2 Å². The van der Waals surface area contributed by atoms with Crippen molar-refractivity contribution < 1.29 is 23.1 Å². The van der Waals surface area contributed by atoms with Crippen molar-refractivity contribution in [2.45, 2.75) is 6.10 Å². The molecule has 138 valence electrons. The van der Waals surface area contributed by atoms with E-state index in [9.17, 15) is 18.4 Å². The maximum Gasteiger partial charge on any atom is 0.259 e. The van der Waals surface area contributed by atoms with Crippen molar-refractivity contribution >= 4 is 24.2 Å². The minimum atomic E-state index is -0.875. The first-order valence-electron chi connectivity index (χ1n) is 7.92. The second kappa shape index (κ2) is 8.55. The van der Waals surface area contributed by atoms with Crippen LogP contribution >= 0.6 is 12.4 Å². The summed E-state index contributed by atoms with van der Waals surface area (Å²) in [6, 6.07) is 3.34. The highest BCUT2D eigenvalue weighted by Gasteiger charge is 2.31. The first-order chi connectivity index (χ1) is 11.6. The maximum atomic E-state index is 13.7. The molecule has 2 heterocycles. The van der Waals surface area contributed by atoms with Crippen LogP contribution in [0.25, 0.3) is 0 Å². The van der Waals surface area contributed by atoms with Crippen LogP contribution in [0.5, 0.6) is 0 Å². The van der Waals surface area contributed by atoms with Crippen molar-refractivity contribution in [3.05, 3.63) is 35.4 Å². The molecular weight excluding hydrogens is 356 g/mol. The Hall–Kier alpha value is -1.77. The summed E-state index contributed by atoms with van der Waals surface area (Å²) < 4.78 is 32.9. The molecule has 1 N–H and O–H groups in total. The molecule has 1 unspecified atom stereocenters. The van der Waals surface area contributed by atoms with Gasteiger partial charge >= 0.3 is 0 Å². The number of carbonyl (C=O) groups is 2. The number of hydrogen-bond donors (Lipinski definition) is 1. The van der Waals surface area contributed by atoms with Crippen LogP contribution in [0.3, 0.4) is 0 Å². The Kier molecular flexibility index (Phi) is 6.69. The third kappa shape index (κ3) is 4.26. The van der Waals surface area contributed by atoms with Gasteiger partial charge in [-0.05, 0) is 12.1 Å². The fraction of sp³-hybridized carbons (Fsp3) is 0.500. The average Bonchev–Trinajstić information content (AvgIpc) is 2.62. The molecule has 0 aliphatic carbocycles. The van der Waals surface area contributed by atoms with E-state index in [4.69, 9.17) is 4.74 Å². The smallest absolute Gasteiger partial charge is 0.259 e. The lowest BCUT2D eigenvalue weighted by atomic mass is 10.1. The number of benzene rings is 1. The predicted octanol–water partition coefficient (Wildman–Crippen LogP) is 0.659. The van der Waals surface area contributed by atoms with Crippen molar-refractivity contribution in [1.82, 2.24) is 15.1 Å². The number of rotatable bonds is 2. The normalized spacial score (nSPS) is 20.8. The summed E-state index contributed by atoms with van der Waals surface area (Å²) in [4.78, 5) is 27.7. The fourth-order valence-electron chi connectivity index (χ4n) is 2.92. The Balaban J connectivity index is 0.00000225. The van der Waals surface area contributed by atoms with Gasteiger partial charge in [-0.1, -0.05) is 6.07 Å². The van der Waals surface area contributed by atoms with E-state index in [1.54, 1.807) is 4.90 Å². The number of halogens is 3. The van der Waals surface area contributed by atoms with Gasteiger partial charge in [0.2, 0.25) is 0 Å². The highest BCUT2D eigenvalue weighted by Crippen LogP contribution is 2.16. The van der Waals surface area contributed by atoms with Crippen LogP contribution in [-0.4, -0.2) is 73.6 Å². The van der Waals surface area contributed by atoms with E-state index in [1.165, 1.54) is 11.0 Å². The molecule has 2 amide bonds. The summed E-state index contributed by atoms with van der Waals surface area (Å²) >= 11 is 0. The third-order valence-electron chi connectivity index (χ3n) is 4.26. The Morgan fingerprint density at radius 3 is 2.24 bits per heavy atom. The number of ether oxygens (including phenoxy) is 1. The quantitative estimate of drug-likeness (QED) is 0.825. The minimum absolute atomic E-state index is 0.